The first-order valence-corrected chi connectivity index (χ1v) is 6.64. The fourth-order valence-corrected chi connectivity index (χ4v) is 3.62. The molecule has 0 spiro atoms. The lowest BCUT2D eigenvalue weighted by Crippen LogP contribution is -2.11. The number of hydrogen-bond donors (Lipinski definition) is 0. The summed E-state index contributed by atoms with van der Waals surface area (Å²) in [4.78, 5) is 0. The molecular weight excluding hydrogens is 249 g/mol. The minimum absolute atomic E-state index is 0.274. The topological polar surface area (TPSA) is 0 Å². The van der Waals surface area contributed by atoms with Crippen LogP contribution >= 0.6 is 0 Å². The van der Waals surface area contributed by atoms with Crippen LogP contribution in [0, 0.1) is 40.6 Å². The predicted molar refractivity (Wildman–Crippen MR) is 68.8 cm³/mol. The highest BCUT2D eigenvalue weighted by Crippen LogP contribution is 2.64. The van der Waals surface area contributed by atoms with E-state index in [0.29, 0.717) is 23.3 Å². The molecule has 0 bridgehead atoms. The van der Waals surface area contributed by atoms with Gasteiger partial charge in [0.05, 0.1) is 0 Å². The van der Waals surface area contributed by atoms with Crippen molar-refractivity contribution in [3.63, 3.8) is 0 Å². The minimum Gasteiger partial charge on any atom is -0.204 e. The van der Waals surface area contributed by atoms with Crippen molar-refractivity contribution in [2.75, 3.05) is 0 Å². The van der Waals surface area contributed by atoms with Crippen LogP contribution < -0.4 is 0 Å². The second kappa shape index (κ2) is 3.87. The Labute approximate surface area is 111 Å². The lowest BCUT2D eigenvalue weighted by atomic mass is 9.85. The van der Waals surface area contributed by atoms with Crippen molar-refractivity contribution >= 4 is 5.57 Å². The van der Waals surface area contributed by atoms with Crippen molar-refractivity contribution in [1.29, 1.82) is 0 Å². The highest BCUT2D eigenvalue weighted by molar-refractivity contribution is 5.70. The van der Waals surface area contributed by atoms with Gasteiger partial charge in [-0.2, -0.15) is 0 Å². The van der Waals surface area contributed by atoms with E-state index < -0.39 is 17.5 Å². The normalized spacial score (nSPS) is 29.2. The van der Waals surface area contributed by atoms with Crippen LogP contribution in [0.5, 0.6) is 0 Å². The molecule has 0 radical (unpaired) electrons. The molecule has 0 heterocycles. The fraction of sp³-hybridized carbons (Fsp3) is 0.500. The van der Waals surface area contributed by atoms with E-state index in [1.54, 1.807) is 0 Å². The number of hydrogen-bond acceptors (Lipinski definition) is 0. The Morgan fingerprint density at radius 1 is 1.05 bits per heavy atom. The number of halogens is 3. The Morgan fingerprint density at radius 3 is 2.05 bits per heavy atom. The third kappa shape index (κ3) is 1.99. The van der Waals surface area contributed by atoms with Gasteiger partial charge < -0.3 is 0 Å². The van der Waals surface area contributed by atoms with Crippen molar-refractivity contribution in [1.82, 2.24) is 0 Å². The molecule has 0 amide bonds. The van der Waals surface area contributed by atoms with Crippen LogP contribution in [0.25, 0.3) is 5.57 Å². The number of benzene rings is 1. The van der Waals surface area contributed by atoms with Gasteiger partial charge in [-0.05, 0) is 52.9 Å². The lowest BCUT2D eigenvalue weighted by Gasteiger charge is -2.20. The zero-order valence-corrected chi connectivity index (χ0v) is 11.3. The van der Waals surface area contributed by atoms with E-state index in [-0.39, 0.29) is 5.41 Å². The Hall–Kier alpha value is -1.25. The maximum atomic E-state index is 13.2. The molecule has 3 heteroatoms. The number of allylic oxidation sites excluding steroid dienone is 2. The molecule has 2 aliphatic rings. The summed E-state index contributed by atoms with van der Waals surface area (Å²) in [6.07, 6.45) is 2.96. The second-order valence-electron chi connectivity index (χ2n) is 6.78. The van der Waals surface area contributed by atoms with Gasteiger partial charge in [0.15, 0.2) is 17.5 Å². The molecule has 3 rings (SSSR count). The summed E-state index contributed by atoms with van der Waals surface area (Å²) in [5, 5.41) is 0. The fourth-order valence-electron chi connectivity index (χ4n) is 3.62. The molecule has 0 N–H and O–H groups in total. The van der Waals surface area contributed by atoms with Gasteiger partial charge in [0.25, 0.3) is 0 Å². The maximum absolute atomic E-state index is 13.2. The minimum atomic E-state index is -1.39. The van der Waals surface area contributed by atoms with Gasteiger partial charge in [0.1, 0.15) is 0 Å². The molecule has 1 aromatic carbocycles. The molecule has 3 atom stereocenters. The molecule has 1 fully saturated rings. The van der Waals surface area contributed by atoms with E-state index in [2.05, 4.69) is 26.8 Å². The standard InChI is InChI=1S/C16H17F3/c1-16(2,3)14-10-4-8(5-11(10)14)9-6-12(17)15(19)13(18)7-9/h4,6-7,10-11,14H,5H2,1-3H3. The third-order valence-electron chi connectivity index (χ3n) is 4.43. The first kappa shape index (κ1) is 12.8. The van der Waals surface area contributed by atoms with Gasteiger partial charge in [-0.3, -0.25) is 0 Å². The van der Waals surface area contributed by atoms with Crippen molar-refractivity contribution in [2.24, 2.45) is 23.2 Å². The van der Waals surface area contributed by atoms with Crippen molar-refractivity contribution in [3.8, 4) is 0 Å². The highest BCUT2D eigenvalue weighted by Gasteiger charge is 2.57. The Balaban J connectivity index is 1.86. The molecule has 102 valence electrons. The summed E-state index contributed by atoms with van der Waals surface area (Å²) in [7, 11) is 0. The molecule has 1 saturated carbocycles. The summed E-state index contributed by atoms with van der Waals surface area (Å²) in [5.41, 5.74) is 1.71. The summed E-state index contributed by atoms with van der Waals surface area (Å²) < 4.78 is 39.4. The number of fused-ring (bicyclic) bond motifs is 1. The first-order valence-electron chi connectivity index (χ1n) is 6.64. The highest BCUT2D eigenvalue weighted by atomic mass is 19.2. The quantitative estimate of drug-likeness (QED) is 0.640. The molecule has 1 aromatic rings. The zero-order chi connectivity index (χ0) is 13.9. The van der Waals surface area contributed by atoms with E-state index in [0.717, 1.165) is 24.1 Å². The number of rotatable bonds is 1. The molecule has 3 unspecified atom stereocenters. The average Bonchev–Trinajstić information content (AvgIpc) is 2.83. The molecule has 19 heavy (non-hydrogen) atoms. The van der Waals surface area contributed by atoms with Crippen LogP contribution in [-0.4, -0.2) is 0 Å². The van der Waals surface area contributed by atoms with E-state index in [9.17, 15) is 13.2 Å². The van der Waals surface area contributed by atoms with Gasteiger partial charge in [-0.25, -0.2) is 13.2 Å². The first-order chi connectivity index (χ1) is 8.79. The Bertz CT molecular complexity index is 543. The van der Waals surface area contributed by atoms with Crippen LogP contribution in [0.2, 0.25) is 0 Å². The van der Waals surface area contributed by atoms with Crippen molar-refractivity contribution in [2.45, 2.75) is 27.2 Å². The van der Waals surface area contributed by atoms with Crippen LogP contribution in [0.15, 0.2) is 18.2 Å². The van der Waals surface area contributed by atoms with E-state index in [4.69, 9.17) is 0 Å². The molecule has 0 saturated heterocycles. The van der Waals surface area contributed by atoms with E-state index >= 15 is 0 Å². The van der Waals surface area contributed by atoms with E-state index in [1.165, 1.54) is 0 Å². The molecule has 0 aliphatic heterocycles. The predicted octanol–water partition coefficient (Wildman–Crippen LogP) is 4.80. The van der Waals surface area contributed by atoms with Crippen LogP contribution in [0.1, 0.15) is 32.8 Å². The lowest BCUT2D eigenvalue weighted by molar-refractivity contribution is 0.322. The zero-order valence-electron chi connectivity index (χ0n) is 11.3. The smallest absolute Gasteiger partial charge is 0.194 e. The molecular formula is C16H17F3. The van der Waals surface area contributed by atoms with Crippen LogP contribution in [0.3, 0.4) is 0 Å². The summed E-state index contributed by atoms with van der Waals surface area (Å²) in [5.74, 6) is -1.84. The average molecular weight is 266 g/mol. The monoisotopic (exact) mass is 266 g/mol. The van der Waals surface area contributed by atoms with E-state index in [1.807, 2.05) is 0 Å². The Kier molecular flexibility index (Phi) is 2.60. The van der Waals surface area contributed by atoms with Gasteiger partial charge >= 0.3 is 0 Å². The van der Waals surface area contributed by atoms with Gasteiger partial charge in [-0.1, -0.05) is 26.8 Å². The largest absolute Gasteiger partial charge is 0.204 e. The van der Waals surface area contributed by atoms with Crippen molar-refractivity contribution < 1.29 is 13.2 Å². The Morgan fingerprint density at radius 2 is 1.63 bits per heavy atom. The van der Waals surface area contributed by atoms with Gasteiger partial charge in [0.2, 0.25) is 0 Å². The third-order valence-corrected chi connectivity index (χ3v) is 4.43. The summed E-state index contributed by atoms with van der Waals surface area (Å²) >= 11 is 0. The summed E-state index contributed by atoms with van der Waals surface area (Å²) in [6, 6.07) is 2.20. The molecule has 2 aliphatic carbocycles. The van der Waals surface area contributed by atoms with Crippen LogP contribution in [0.4, 0.5) is 13.2 Å². The molecule has 0 nitrogen and oxygen atoms in total. The van der Waals surface area contributed by atoms with Gasteiger partial charge in [0, 0.05) is 0 Å². The molecule has 0 aromatic heterocycles. The van der Waals surface area contributed by atoms with Gasteiger partial charge in [-0.15, -0.1) is 0 Å². The SMILES string of the molecule is CC(C)(C)C1C2C=C(c3cc(F)c(F)c(F)c3)CC21. The van der Waals surface area contributed by atoms with Crippen LogP contribution in [-0.2, 0) is 0 Å². The maximum Gasteiger partial charge on any atom is 0.194 e. The summed E-state index contributed by atoms with van der Waals surface area (Å²) in [6.45, 7) is 6.67. The second-order valence-corrected chi connectivity index (χ2v) is 6.78. The van der Waals surface area contributed by atoms with Crippen molar-refractivity contribution in [3.05, 3.63) is 41.2 Å².